The molecule has 0 atom stereocenters. The molecule has 34 heavy (non-hydrogen) atoms. The van der Waals surface area contributed by atoms with E-state index in [4.69, 9.17) is 9.15 Å². The molecule has 0 aliphatic rings. The summed E-state index contributed by atoms with van der Waals surface area (Å²) in [6.07, 6.45) is 11.7. The van der Waals surface area contributed by atoms with Crippen molar-refractivity contribution in [2.75, 3.05) is 0 Å². The van der Waals surface area contributed by atoms with Crippen molar-refractivity contribution in [3.05, 3.63) is 89.9 Å². The zero-order chi connectivity index (χ0) is 23.6. The molecule has 2 heterocycles. The summed E-state index contributed by atoms with van der Waals surface area (Å²) in [5.41, 5.74) is 2.72. The predicted molar refractivity (Wildman–Crippen MR) is 122 cm³/mol. The second kappa shape index (κ2) is 11.7. The summed E-state index contributed by atoms with van der Waals surface area (Å²) in [5, 5.41) is 7.77. The van der Waals surface area contributed by atoms with Crippen molar-refractivity contribution in [1.82, 2.24) is 20.0 Å². The lowest BCUT2D eigenvalue weighted by Gasteiger charge is -2.06. The van der Waals surface area contributed by atoms with Gasteiger partial charge in [-0.2, -0.15) is 8.78 Å². The number of ether oxygens (including phenoxy) is 2. The molecule has 0 saturated heterocycles. The molecule has 0 amide bonds. The highest BCUT2D eigenvalue weighted by Crippen LogP contribution is 2.18. The minimum atomic E-state index is -2.84. The molecule has 0 aliphatic carbocycles. The van der Waals surface area contributed by atoms with Gasteiger partial charge in [-0.1, -0.05) is 29.5 Å². The maximum Gasteiger partial charge on any atom is 0.387 e. The van der Waals surface area contributed by atoms with Crippen molar-refractivity contribution in [3.63, 3.8) is 0 Å². The lowest BCUT2D eigenvalue weighted by molar-refractivity contribution is -0.0498. The Kier molecular flexibility index (Phi) is 7.99. The summed E-state index contributed by atoms with van der Waals surface area (Å²) in [7, 11) is 0. The zero-order valence-electron chi connectivity index (χ0n) is 18.4. The Labute approximate surface area is 195 Å². The van der Waals surface area contributed by atoms with Crippen LogP contribution in [0.5, 0.6) is 11.5 Å². The molecule has 4 rings (SSSR count). The third kappa shape index (κ3) is 7.26. The number of oxazole rings is 1. The van der Waals surface area contributed by atoms with Gasteiger partial charge in [0.05, 0.1) is 6.20 Å². The van der Waals surface area contributed by atoms with Crippen LogP contribution in [0.15, 0.2) is 71.6 Å². The Balaban J connectivity index is 1.20. The number of hydrogen-bond donors (Lipinski definition) is 0. The highest BCUT2D eigenvalue weighted by molar-refractivity contribution is 5.66. The first-order valence-corrected chi connectivity index (χ1v) is 10.9. The van der Waals surface area contributed by atoms with Gasteiger partial charge in [0.1, 0.15) is 30.1 Å². The summed E-state index contributed by atoms with van der Waals surface area (Å²) in [5.74, 6) is 1.30. The largest absolute Gasteiger partial charge is 0.487 e. The molecular formula is C25H24F2N4O3. The molecule has 9 heteroatoms. The van der Waals surface area contributed by atoms with Crippen LogP contribution in [0, 0.1) is 0 Å². The topological polar surface area (TPSA) is 75.2 Å². The third-order valence-electron chi connectivity index (χ3n) is 4.98. The minimum absolute atomic E-state index is 0.110. The molecule has 2 aromatic heterocycles. The molecule has 0 bridgehead atoms. The van der Waals surface area contributed by atoms with Crippen LogP contribution < -0.4 is 9.47 Å². The lowest BCUT2D eigenvalue weighted by Crippen LogP contribution is -2.01. The molecule has 0 saturated carbocycles. The first kappa shape index (κ1) is 23.2. The first-order valence-electron chi connectivity index (χ1n) is 10.9. The number of benzene rings is 2. The predicted octanol–water partition coefficient (Wildman–Crippen LogP) is 5.64. The van der Waals surface area contributed by atoms with E-state index in [1.807, 2.05) is 23.0 Å². The molecule has 0 fully saturated rings. The normalized spacial score (nSPS) is 11.4. The SMILES string of the molecule is FC(F)Oc1ccc(C=Cc2nc(COc3ccc(CCCCn4ccnn4)cc3)co2)cc1. The van der Waals surface area contributed by atoms with Gasteiger partial charge in [0.2, 0.25) is 5.89 Å². The van der Waals surface area contributed by atoms with E-state index in [1.165, 1.54) is 17.7 Å². The van der Waals surface area contributed by atoms with E-state index in [1.54, 1.807) is 36.7 Å². The van der Waals surface area contributed by atoms with Gasteiger partial charge >= 0.3 is 6.61 Å². The van der Waals surface area contributed by atoms with Gasteiger partial charge in [0.15, 0.2) is 0 Å². The van der Waals surface area contributed by atoms with E-state index in [2.05, 4.69) is 32.2 Å². The van der Waals surface area contributed by atoms with Gasteiger partial charge in [-0.25, -0.2) is 4.98 Å². The number of rotatable bonds is 12. The molecule has 0 N–H and O–H groups in total. The summed E-state index contributed by atoms with van der Waals surface area (Å²) in [4.78, 5) is 4.37. The minimum Gasteiger partial charge on any atom is -0.487 e. The summed E-state index contributed by atoms with van der Waals surface area (Å²) in [6, 6.07) is 14.3. The van der Waals surface area contributed by atoms with Gasteiger partial charge < -0.3 is 13.9 Å². The van der Waals surface area contributed by atoms with E-state index in [9.17, 15) is 8.78 Å². The molecule has 4 aromatic rings. The Morgan fingerprint density at radius 1 is 0.971 bits per heavy atom. The fourth-order valence-electron chi connectivity index (χ4n) is 3.26. The standard InChI is InChI=1S/C25H24F2N4O3/c26-25(27)34-23-11-6-20(7-12-23)8-13-24-29-21(18-33-24)17-32-22-9-4-19(5-10-22)3-1-2-15-31-16-14-28-30-31/h4-14,16,18,25H,1-3,15,17H2. The van der Waals surface area contributed by atoms with Gasteiger partial charge in [0, 0.05) is 18.8 Å². The second-order valence-corrected chi connectivity index (χ2v) is 7.51. The third-order valence-corrected chi connectivity index (χ3v) is 4.98. The fraction of sp³-hybridized carbons (Fsp3) is 0.240. The number of nitrogens with zero attached hydrogens (tertiary/aromatic N) is 4. The molecule has 0 radical (unpaired) electrons. The van der Waals surface area contributed by atoms with E-state index in [0.29, 0.717) is 11.6 Å². The van der Waals surface area contributed by atoms with Crippen LogP contribution in [0.4, 0.5) is 8.78 Å². The van der Waals surface area contributed by atoms with E-state index in [0.717, 1.165) is 37.1 Å². The van der Waals surface area contributed by atoms with Gasteiger partial charge in [-0.05, 0) is 60.7 Å². The fourth-order valence-corrected chi connectivity index (χ4v) is 3.26. The van der Waals surface area contributed by atoms with E-state index >= 15 is 0 Å². The van der Waals surface area contributed by atoms with Crippen LogP contribution in [0.25, 0.3) is 12.2 Å². The molecule has 0 unspecified atom stereocenters. The quantitative estimate of drug-likeness (QED) is 0.252. The van der Waals surface area contributed by atoms with Crippen molar-refractivity contribution < 1.29 is 22.7 Å². The van der Waals surface area contributed by atoms with Crippen LogP contribution in [-0.4, -0.2) is 26.6 Å². The summed E-state index contributed by atoms with van der Waals surface area (Å²) >= 11 is 0. The molecule has 0 aliphatic heterocycles. The molecule has 2 aromatic carbocycles. The number of halogens is 2. The number of unbranched alkanes of at least 4 members (excludes halogenated alkanes) is 1. The van der Waals surface area contributed by atoms with Gasteiger partial charge in [-0.15, -0.1) is 5.10 Å². The van der Waals surface area contributed by atoms with Crippen LogP contribution in [-0.2, 0) is 19.6 Å². The molecular weight excluding hydrogens is 442 g/mol. The monoisotopic (exact) mass is 466 g/mol. The number of aromatic nitrogens is 4. The average Bonchev–Trinajstić information content (AvgIpc) is 3.53. The second-order valence-electron chi connectivity index (χ2n) is 7.51. The number of alkyl halides is 2. The number of aryl methyl sites for hydroxylation is 2. The Morgan fingerprint density at radius 2 is 1.76 bits per heavy atom. The van der Waals surface area contributed by atoms with Gasteiger partial charge in [0.25, 0.3) is 0 Å². The lowest BCUT2D eigenvalue weighted by atomic mass is 10.1. The van der Waals surface area contributed by atoms with Crippen molar-refractivity contribution in [2.45, 2.75) is 39.0 Å². The maximum atomic E-state index is 12.2. The van der Waals surface area contributed by atoms with Gasteiger partial charge in [-0.3, -0.25) is 4.68 Å². The average molecular weight is 466 g/mol. The van der Waals surface area contributed by atoms with Crippen molar-refractivity contribution in [1.29, 1.82) is 0 Å². The highest BCUT2D eigenvalue weighted by Gasteiger charge is 2.05. The molecule has 0 spiro atoms. The van der Waals surface area contributed by atoms with Crippen molar-refractivity contribution in [3.8, 4) is 11.5 Å². The van der Waals surface area contributed by atoms with Crippen LogP contribution in [0.3, 0.4) is 0 Å². The Hall–Kier alpha value is -4.01. The Morgan fingerprint density at radius 3 is 2.50 bits per heavy atom. The highest BCUT2D eigenvalue weighted by atomic mass is 19.3. The van der Waals surface area contributed by atoms with Crippen molar-refractivity contribution >= 4 is 12.2 Å². The summed E-state index contributed by atoms with van der Waals surface area (Å²) < 4.78 is 41.8. The molecule has 7 nitrogen and oxygen atoms in total. The maximum absolute atomic E-state index is 12.2. The van der Waals surface area contributed by atoms with E-state index in [-0.39, 0.29) is 12.4 Å². The smallest absolute Gasteiger partial charge is 0.387 e. The Bertz CT molecular complexity index is 1160. The van der Waals surface area contributed by atoms with Crippen molar-refractivity contribution in [2.24, 2.45) is 0 Å². The number of hydrogen-bond acceptors (Lipinski definition) is 6. The van der Waals surface area contributed by atoms with E-state index < -0.39 is 6.61 Å². The molecule has 176 valence electrons. The van der Waals surface area contributed by atoms with Crippen LogP contribution in [0.1, 0.15) is 35.6 Å². The first-order chi connectivity index (χ1) is 16.6. The van der Waals surface area contributed by atoms with Crippen LogP contribution in [0.2, 0.25) is 0 Å². The van der Waals surface area contributed by atoms with Crippen LogP contribution >= 0.6 is 0 Å². The summed E-state index contributed by atoms with van der Waals surface area (Å²) in [6.45, 7) is -1.68. The zero-order valence-corrected chi connectivity index (χ0v) is 18.4.